The van der Waals surface area contributed by atoms with Crippen LogP contribution in [0.3, 0.4) is 0 Å². The van der Waals surface area contributed by atoms with Crippen molar-refractivity contribution in [2.24, 2.45) is 0 Å². The van der Waals surface area contributed by atoms with Gasteiger partial charge in [-0.05, 0) is 19.2 Å². The zero-order valence-corrected chi connectivity index (χ0v) is 8.20. The summed E-state index contributed by atoms with van der Waals surface area (Å²) in [4.78, 5) is 1.96. The average Bonchev–Trinajstić information content (AvgIpc) is 2.09. The van der Waals surface area contributed by atoms with Crippen molar-refractivity contribution in [1.82, 2.24) is 15.1 Å². The molecule has 0 radical (unpaired) electrons. The quantitative estimate of drug-likeness (QED) is 0.773. The van der Waals surface area contributed by atoms with Gasteiger partial charge in [-0.15, -0.1) is 5.10 Å². The van der Waals surface area contributed by atoms with E-state index in [-0.39, 0.29) is 6.61 Å². The molecule has 5 heteroatoms. The fourth-order valence-electron chi connectivity index (χ4n) is 0.954. The number of hydrogen-bond donors (Lipinski definition) is 1. The minimum Gasteiger partial charge on any atom is -0.395 e. The standard InChI is InChI=1S/C8H12ClN3O/c1-12(4-5-13)6-7-2-3-8(9)11-10-7/h2-3,13H,4-6H2,1H3. The number of aliphatic hydroxyl groups excluding tert-OH is 1. The lowest BCUT2D eigenvalue weighted by Crippen LogP contribution is -2.22. The smallest absolute Gasteiger partial charge is 0.151 e. The largest absolute Gasteiger partial charge is 0.395 e. The summed E-state index contributed by atoms with van der Waals surface area (Å²) in [6, 6.07) is 3.53. The second-order valence-electron chi connectivity index (χ2n) is 2.81. The third kappa shape index (κ3) is 3.67. The van der Waals surface area contributed by atoms with Crippen molar-refractivity contribution in [2.75, 3.05) is 20.2 Å². The Morgan fingerprint density at radius 3 is 2.77 bits per heavy atom. The normalized spacial score (nSPS) is 10.8. The van der Waals surface area contributed by atoms with Gasteiger partial charge in [0.15, 0.2) is 5.15 Å². The molecule has 0 unspecified atom stereocenters. The van der Waals surface area contributed by atoms with Gasteiger partial charge < -0.3 is 5.11 Å². The molecule has 1 aromatic heterocycles. The molecule has 0 aliphatic heterocycles. The zero-order chi connectivity index (χ0) is 9.68. The van der Waals surface area contributed by atoms with E-state index in [1.54, 1.807) is 6.07 Å². The predicted molar refractivity (Wildman–Crippen MR) is 50.5 cm³/mol. The van der Waals surface area contributed by atoms with Gasteiger partial charge >= 0.3 is 0 Å². The molecule has 0 amide bonds. The van der Waals surface area contributed by atoms with Crippen LogP contribution in [0.25, 0.3) is 0 Å². The number of rotatable bonds is 4. The number of nitrogens with zero attached hydrogens (tertiary/aromatic N) is 3. The van der Waals surface area contributed by atoms with E-state index in [9.17, 15) is 0 Å². The lowest BCUT2D eigenvalue weighted by atomic mass is 10.3. The van der Waals surface area contributed by atoms with E-state index in [1.807, 2.05) is 18.0 Å². The Bertz CT molecular complexity index is 252. The molecule has 0 aromatic carbocycles. The van der Waals surface area contributed by atoms with Crippen molar-refractivity contribution >= 4 is 11.6 Å². The predicted octanol–water partition coefficient (Wildman–Crippen LogP) is 0.554. The molecule has 1 heterocycles. The molecule has 13 heavy (non-hydrogen) atoms. The van der Waals surface area contributed by atoms with E-state index >= 15 is 0 Å². The number of hydrogen-bond acceptors (Lipinski definition) is 4. The number of likely N-dealkylation sites (N-methyl/N-ethyl adjacent to an activating group) is 1. The summed E-state index contributed by atoms with van der Waals surface area (Å²) < 4.78 is 0. The van der Waals surface area contributed by atoms with E-state index in [1.165, 1.54) is 0 Å². The van der Waals surface area contributed by atoms with Gasteiger partial charge in [0.25, 0.3) is 0 Å². The van der Waals surface area contributed by atoms with Crippen LogP contribution in [0.4, 0.5) is 0 Å². The molecular formula is C8H12ClN3O. The molecule has 0 saturated heterocycles. The van der Waals surface area contributed by atoms with Crippen molar-refractivity contribution < 1.29 is 5.11 Å². The minimum atomic E-state index is 0.150. The van der Waals surface area contributed by atoms with E-state index in [4.69, 9.17) is 16.7 Å². The van der Waals surface area contributed by atoms with E-state index in [0.717, 1.165) is 5.69 Å². The van der Waals surface area contributed by atoms with Crippen molar-refractivity contribution in [3.63, 3.8) is 0 Å². The van der Waals surface area contributed by atoms with Gasteiger partial charge in [0.1, 0.15) is 0 Å². The molecule has 0 spiro atoms. The average molecular weight is 202 g/mol. The molecule has 0 saturated carbocycles. The van der Waals surface area contributed by atoms with Crippen molar-refractivity contribution in [1.29, 1.82) is 0 Å². The lowest BCUT2D eigenvalue weighted by Gasteiger charge is -2.13. The van der Waals surface area contributed by atoms with Crippen molar-refractivity contribution in [3.05, 3.63) is 23.0 Å². The topological polar surface area (TPSA) is 49.2 Å². The summed E-state index contributed by atoms with van der Waals surface area (Å²) in [7, 11) is 1.91. The Balaban J connectivity index is 2.49. The number of aromatic nitrogens is 2. The van der Waals surface area contributed by atoms with Crippen LogP contribution in [0.15, 0.2) is 12.1 Å². The highest BCUT2D eigenvalue weighted by Gasteiger charge is 2.00. The Morgan fingerprint density at radius 1 is 1.46 bits per heavy atom. The number of aliphatic hydroxyl groups is 1. The van der Waals surface area contributed by atoms with Gasteiger partial charge in [-0.25, -0.2) is 0 Å². The van der Waals surface area contributed by atoms with E-state index < -0.39 is 0 Å². The zero-order valence-electron chi connectivity index (χ0n) is 7.44. The van der Waals surface area contributed by atoms with Crippen LogP contribution >= 0.6 is 11.6 Å². The van der Waals surface area contributed by atoms with Crippen LogP contribution in [-0.4, -0.2) is 40.4 Å². The van der Waals surface area contributed by atoms with Gasteiger partial charge in [-0.3, -0.25) is 4.90 Å². The molecule has 72 valence electrons. The highest BCUT2D eigenvalue weighted by Crippen LogP contribution is 2.03. The molecule has 0 atom stereocenters. The number of halogens is 1. The highest BCUT2D eigenvalue weighted by molar-refractivity contribution is 6.29. The molecule has 0 aliphatic carbocycles. The Morgan fingerprint density at radius 2 is 2.23 bits per heavy atom. The fourth-order valence-corrected chi connectivity index (χ4v) is 1.06. The lowest BCUT2D eigenvalue weighted by molar-refractivity contribution is 0.215. The molecule has 0 aliphatic rings. The first-order valence-corrected chi connectivity index (χ1v) is 4.37. The Hall–Kier alpha value is -0.710. The molecular weight excluding hydrogens is 190 g/mol. The van der Waals surface area contributed by atoms with Crippen LogP contribution < -0.4 is 0 Å². The first kappa shape index (κ1) is 10.4. The van der Waals surface area contributed by atoms with Crippen molar-refractivity contribution in [3.8, 4) is 0 Å². The first-order chi connectivity index (χ1) is 6.22. The van der Waals surface area contributed by atoms with Gasteiger partial charge in [0, 0.05) is 13.1 Å². The summed E-state index contributed by atoms with van der Waals surface area (Å²) in [6.45, 7) is 1.45. The molecule has 1 N–H and O–H groups in total. The van der Waals surface area contributed by atoms with Crippen LogP contribution in [0.1, 0.15) is 5.69 Å². The summed E-state index contributed by atoms with van der Waals surface area (Å²) >= 11 is 5.58. The van der Waals surface area contributed by atoms with E-state index in [2.05, 4.69) is 10.2 Å². The van der Waals surface area contributed by atoms with Gasteiger partial charge in [-0.1, -0.05) is 11.6 Å². The third-order valence-corrected chi connectivity index (χ3v) is 1.80. The SMILES string of the molecule is CN(CCO)Cc1ccc(Cl)nn1. The summed E-state index contributed by atoms with van der Waals surface area (Å²) in [5.74, 6) is 0. The monoisotopic (exact) mass is 201 g/mol. The minimum absolute atomic E-state index is 0.150. The Kier molecular flexibility index (Phi) is 4.08. The molecule has 1 rings (SSSR count). The second kappa shape index (κ2) is 5.11. The summed E-state index contributed by atoms with van der Waals surface area (Å²) in [6.07, 6.45) is 0. The maximum absolute atomic E-state index is 8.66. The van der Waals surface area contributed by atoms with Crippen LogP contribution in [0.2, 0.25) is 5.15 Å². The summed E-state index contributed by atoms with van der Waals surface area (Å²) in [5, 5.41) is 16.7. The van der Waals surface area contributed by atoms with Gasteiger partial charge in [0.05, 0.1) is 12.3 Å². The fraction of sp³-hybridized carbons (Fsp3) is 0.500. The Labute approximate surface area is 82.2 Å². The first-order valence-electron chi connectivity index (χ1n) is 4.00. The summed E-state index contributed by atoms with van der Waals surface area (Å²) in [5.41, 5.74) is 0.848. The maximum Gasteiger partial charge on any atom is 0.151 e. The molecule has 0 bridgehead atoms. The molecule has 0 fully saturated rings. The van der Waals surface area contributed by atoms with Crippen LogP contribution in [0, 0.1) is 0 Å². The molecule has 1 aromatic rings. The highest BCUT2D eigenvalue weighted by atomic mass is 35.5. The molecule has 4 nitrogen and oxygen atoms in total. The van der Waals surface area contributed by atoms with Crippen LogP contribution in [-0.2, 0) is 6.54 Å². The second-order valence-corrected chi connectivity index (χ2v) is 3.20. The van der Waals surface area contributed by atoms with Crippen molar-refractivity contribution in [2.45, 2.75) is 6.54 Å². The van der Waals surface area contributed by atoms with Gasteiger partial charge in [-0.2, -0.15) is 5.10 Å². The maximum atomic E-state index is 8.66. The van der Waals surface area contributed by atoms with Gasteiger partial charge in [0.2, 0.25) is 0 Å². The third-order valence-electron chi connectivity index (χ3n) is 1.60. The van der Waals surface area contributed by atoms with Crippen LogP contribution in [0.5, 0.6) is 0 Å². The van der Waals surface area contributed by atoms with E-state index in [0.29, 0.717) is 18.2 Å².